The van der Waals surface area contributed by atoms with Gasteiger partial charge in [0, 0.05) is 5.75 Å². The van der Waals surface area contributed by atoms with E-state index in [4.69, 9.17) is 6.42 Å². The molecule has 2 heteroatoms. The third kappa shape index (κ3) is 3.75. The van der Waals surface area contributed by atoms with E-state index in [1.165, 1.54) is 5.56 Å². The highest BCUT2D eigenvalue weighted by Crippen LogP contribution is 2.24. The van der Waals surface area contributed by atoms with Crippen LogP contribution in [0.25, 0.3) is 0 Å². The SMILES string of the molecule is C#CCSSCc1[c]cccc1. The molecule has 0 N–H and O–H groups in total. The molecule has 0 aliphatic heterocycles. The molecule has 1 radical (unpaired) electrons. The summed E-state index contributed by atoms with van der Waals surface area (Å²) < 4.78 is 0. The molecule has 0 saturated carbocycles. The van der Waals surface area contributed by atoms with Gasteiger partial charge in [0.15, 0.2) is 0 Å². The van der Waals surface area contributed by atoms with Crippen molar-refractivity contribution in [3.63, 3.8) is 0 Å². The smallest absolute Gasteiger partial charge is 0.0648 e. The molecular weight excluding hydrogens is 184 g/mol. The molecule has 0 spiro atoms. The third-order valence-electron chi connectivity index (χ3n) is 1.21. The van der Waals surface area contributed by atoms with E-state index in [1.807, 2.05) is 18.2 Å². The van der Waals surface area contributed by atoms with Crippen LogP contribution in [0.5, 0.6) is 0 Å². The fraction of sp³-hybridized carbons (Fsp3) is 0.200. The first kappa shape index (κ1) is 9.57. The van der Waals surface area contributed by atoms with Crippen molar-refractivity contribution in [2.24, 2.45) is 0 Å². The molecule has 1 rings (SSSR count). The van der Waals surface area contributed by atoms with Gasteiger partial charge in [-0.3, -0.25) is 0 Å². The fourth-order valence-electron chi connectivity index (χ4n) is 0.701. The first-order valence-corrected chi connectivity index (χ1v) is 6.06. The summed E-state index contributed by atoms with van der Waals surface area (Å²) in [5.41, 5.74) is 1.23. The van der Waals surface area contributed by atoms with Gasteiger partial charge in [-0.05, 0) is 11.6 Å². The molecule has 0 heterocycles. The van der Waals surface area contributed by atoms with E-state index in [1.54, 1.807) is 21.6 Å². The van der Waals surface area contributed by atoms with Crippen LogP contribution in [0.1, 0.15) is 5.56 Å². The molecule has 0 aliphatic carbocycles. The quantitative estimate of drug-likeness (QED) is 0.409. The lowest BCUT2D eigenvalue weighted by atomic mass is 10.2. The Hall–Kier alpha value is -0.520. The average Bonchev–Trinajstić information content (AvgIpc) is 2.14. The molecule has 0 unspecified atom stereocenters. The summed E-state index contributed by atoms with van der Waals surface area (Å²) in [7, 11) is 3.48. The van der Waals surface area contributed by atoms with Gasteiger partial charge in [0.25, 0.3) is 0 Å². The predicted octanol–water partition coefficient (Wildman–Crippen LogP) is 3.00. The van der Waals surface area contributed by atoms with E-state index < -0.39 is 0 Å². The largest absolute Gasteiger partial charge is 0.119 e. The molecule has 0 fully saturated rings. The molecule has 1 aromatic rings. The van der Waals surface area contributed by atoms with Crippen LogP contribution in [-0.2, 0) is 5.75 Å². The molecule has 0 atom stereocenters. The first-order valence-electron chi connectivity index (χ1n) is 3.57. The van der Waals surface area contributed by atoms with Crippen LogP contribution in [0.3, 0.4) is 0 Å². The second kappa shape index (κ2) is 6.05. The van der Waals surface area contributed by atoms with Crippen molar-refractivity contribution in [1.82, 2.24) is 0 Å². The van der Waals surface area contributed by atoms with Gasteiger partial charge in [0.2, 0.25) is 0 Å². The Labute approximate surface area is 81.5 Å². The number of rotatable bonds is 4. The van der Waals surface area contributed by atoms with Crippen LogP contribution in [0.4, 0.5) is 0 Å². The first-order chi connectivity index (χ1) is 5.93. The van der Waals surface area contributed by atoms with E-state index in [2.05, 4.69) is 18.1 Å². The molecular formula is C10H9S2. The van der Waals surface area contributed by atoms with Crippen molar-refractivity contribution < 1.29 is 0 Å². The zero-order chi connectivity index (χ0) is 8.65. The summed E-state index contributed by atoms with van der Waals surface area (Å²) in [4.78, 5) is 0. The summed E-state index contributed by atoms with van der Waals surface area (Å²) in [6.07, 6.45) is 5.12. The number of benzene rings is 1. The summed E-state index contributed by atoms with van der Waals surface area (Å²) in [6, 6.07) is 11.2. The molecule has 0 aromatic heterocycles. The van der Waals surface area contributed by atoms with Gasteiger partial charge >= 0.3 is 0 Å². The zero-order valence-electron chi connectivity index (χ0n) is 6.62. The summed E-state index contributed by atoms with van der Waals surface area (Å²) in [5, 5.41) is 0. The standard InChI is InChI=1S/C10H9S2/c1-2-8-11-12-9-10-6-4-3-5-7-10/h1,3-6H,8-9H2. The monoisotopic (exact) mass is 193 g/mol. The van der Waals surface area contributed by atoms with E-state index in [0.717, 1.165) is 11.5 Å². The maximum absolute atomic E-state index is 5.12. The lowest BCUT2D eigenvalue weighted by molar-refractivity contribution is 1.42. The lowest BCUT2D eigenvalue weighted by Gasteiger charge is -1.96. The zero-order valence-corrected chi connectivity index (χ0v) is 8.25. The molecule has 0 nitrogen and oxygen atoms in total. The van der Waals surface area contributed by atoms with E-state index in [9.17, 15) is 0 Å². The molecule has 0 aliphatic rings. The maximum atomic E-state index is 5.12. The highest BCUT2D eigenvalue weighted by atomic mass is 33.1. The van der Waals surface area contributed by atoms with Crippen molar-refractivity contribution in [3.8, 4) is 12.3 Å². The Kier molecular flexibility index (Phi) is 4.82. The predicted molar refractivity (Wildman–Crippen MR) is 57.9 cm³/mol. The van der Waals surface area contributed by atoms with E-state index in [-0.39, 0.29) is 0 Å². The lowest BCUT2D eigenvalue weighted by Crippen LogP contribution is -1.76. The maximum Gasteiger partial charge on any atom is 0.0648 e. The Balaban J connectivity index is 2.21. The molecule has 12 heavy (non-hydrogen) atoms. The van der Waals surface area contributed by atoms with Crippen LogP contribution < -0.4 is 0 Å². The van der Waals surface area contributed by atoms with Crippen molar-refractivity contribution in [3.05, 3.63) is 35.9 Å². The Bertz CT molecular complexity index is 248. The van der Waals surface area contributed by atoms with E-state index >= 15 is 0 Å². The molecule has 0 amide bonds. The van der Waals surface area contributed by atoms with Crippen LogP contribution in [-0.4, -0.2) is 5.75 Å². The molecule has 61 valence electrons. The second-order valence-electron chi connectivity index (χ2n) is 2.12. The number of hydrogen-bond acceptors (Lipinski definition) is 2. The normalized spacial score (nSPS) is 9.25. The molecule has 0 bridgehead atoms. The molecule has 1 aromatic carbocycles. The van der Waals surface area contributed by atoms with Gasteiger partial charge in [-0.1, -0.05) is 51.8 Å². The Morgan fingerprint density at radius 3 is 3.00 bits per heavy atom. The highest BCUT2D eigenvalue weighted by molar-refractivity contribution is 8.76. The van der Waals surface area contributed by atoms with Crippen LogP contribution >= 0.6 is 21.6 Å². The minimum absolute atomic E-state index is 0.775. The van der Waals surface area contributed by atoms with Crippen molar-refractivity contribution >= 4 is 21.6 Å². The van der Waals surface area contributed by atoms with Crippen LogP contribution in [0.2, 0.25) is 0 Å². The minimum Gasteiger partial charge on any atom is -0.119 e. The van der Waals surface area contributed by atoms with Gasteiger partial charge in [0.05, 0.1) is 5.75 Å². The van der Waals surface area contributed by atoms with Gasteiger partial charge in [-0.15, -0.1) is 6.42 Å². The van der Waals surface area contributed by atoms with Gasteiger partial charge in [-0.2, -0.15) is 0 Å². The summed E-state index contributed by atoms with van der Waals surface area (Å²) >= 11 is 0. The summed E-state index contributed by atoms with van der Waals surface area (Å²) in [5.74, 6) is 4.34. The van der Waals surface area contributed by atoms with E-state index in [0.29, 0.717) is 0 Å². The van der Waals surface area contributed by atoms with Gasteiger partial charge < -0.3 is 0 Å². The van der Waals surface area contributed by atoms with Crippen LogP contribution in [0.15, 0.2) is 24.3 Å². The topological polar surface area (TPSA) is 0 Å². The average molecular weight is 193 g/mol. The summed E-state index contributed by atoms with van der Waals surface area (Å²) in [6.45, 7) is 0. The molecule has 0 saturated heterocycles. The van der Waals surface area contributed by atoms with Crippen molar-refractivity contribution in [2.45, 2.75) is 5.75 Å². The second-order valence-corrected chi connectivity index (χ2v) is 4.58. The van der Waals surface area contributed by atoms with Crippen LogP contribution in [0, 0.1) is 18.4 Å². The van der Waals surface area contributed by atoms with Crippen molar-refractivity contribution in [1.29, 1.82) is 0 Å². The fourth-order valence-corrected chi connectivity index (χ4v) is 2.33. The van der Waals surface area contributed by atoms with Gasteiger partial charge in [-0.25, -0.2) is 0 Å². The Morgan fingerprint density at radius 2 is 2.33 bits per heavy atom. The Morgan fingerprint density at radius 1 is 1.42 bits per heavy atom. The van der Waals surface area contributed by atoms with Gasteiger partial charge in [0.1, 0.15) is 0 Å². The third-order valence-corrected chi connectivity index (χ3v) is 3.30. The van der Waals surface area contributed by atoms with Crippen molar-refractivity contribution in [2.75, 3.05) is 5.75 Å². The number of terminal acetylenes is 1. The highest BCUT2D eigenvalue weighted by Gasteiger charge is 1.91. The minimum atomic E-state index is 0.775. The number of hydrogen-bond donors (Lipinski definition) is 0.